The summed E-state index contributed by atoms with van der Waals surface area (Å²) in [5, 5.41) is 2.47. The number of carbonyl (C=O) groups excluding carboxylic acids is 2. The summed E-state index contributed by atoms with van der Waals surface area (Å²) >= 11 is 0. The van der Waals surface area contributed by atoms with E-state index in [1.807, 2.05) is 0 Å². The SMILES string of the molecule is CNC(=O)CC[C@H](C)C(N)=O. The molecule has 3 N–H and O–H groups in total. The average Bonchev–Trinajstić information content (AvgIpc) is 1.99. The number of primary amides is 1. The van der Waals surface area contributed by atoms with Crippen molar-refractivity contribution in [2.45, 2.75) is 19.8 Å². The van der Waals surface area contributed by atoms with Crippen LogP contribution in [0.1, 0.15) is 19.8 Å². The van der Waals surface area contributed by atoms with Gasteiger partial charge < -0.3 is 11.1 Å². The molecule has 0 saturated heterocycles. The van der Waals surface area contributed by atoms with Gasteiger partial charge in [0, 0.05) is 19.4 Å². The zero-order valence-electron chi connectivity index (χ0n) is 6.89. The highest BCUT2D eigenvalue weighted by molar-refractivity contribution is 5.79. The average molecular weight is 158 g/mol. The van der Waals surface area contributed by atoms with Gasteiger partial charge in [0.05, 0.1) is 0 Å². The predicted octanol–water partition coefficient (Wildman–Crippen LogP) is -0.366. The molecule has 0 aliphatic heterocycles. The molecule has 0 aliphatic rings. The van der Waals surface area contributed by atoms with Crippen molar-refractivity contribution in [2.75, 3.05) is 7.05 Å². The summed E-state index contributed by atoms with van der Waals surface area (Å²) in [4.78, 5) is 21.2. The van der Waals surface area contributed by atoms with Crippen LogP contribution in [-0.4, -0.2) is 18.9 Å². The van der Waals surface area contributed by atoms with E-state index in [-0.39, 0.29) is 17.7 Å². The second kappa shape index (κ2) is 4.71. The van der Waals surface area contributed by atoms with Gasteiger partial charge in [-0.2, -0.15) is 0 Å². The Bertz CT molecular complexity index is 157. The molecule has 0 aromatic rings. The van der Waals surface area contributed by atoms with Crippen LogP contribution in [0.4, 0.5) is 0 Å². The first kappa shape index (κ1) is 9.94. The van der Waals surface area contributed by atoms with Gasteiger partial charge in [0.15, 0.2) is 0 Å². The Labute approximate surface area is 66.1 Å². The molecule has 4 nitrogen and oxygen atoms in total. The van der Waals surface area contributed by atoms with E-state index in [0.717, 1.165) is 0 Å². The Morgan fingerprint density at radius 3 is 2.45 bits per heavy atom. The monoisotopic (exact) mass is 158 g/mol. The molecular formula is C7H14N2O2. The van der Waals surface area contributed by atoms with Crippen LogP contribution in [0, 0.1) is 5.92 Å². The molecule has 11 heavy (non-hydrogen) atoms. The quantitative estimate of drug-likeness (QED) is 0.586. The topological polar surface area (TPSA) is 72.2 Å². The van der Waals surface area contributed by atoms with Crippen molar-refractivity contribution in [3.05, 3.63) is 0 Å². The molecule has 0 unspecified atom stereocenters. The van der Waals surface area contributed by atoms with Crippen molar-refractivity contribution in [2.24, 2.45) is 11.7 Å². The molecule has 0 spiro atoms. The molecule has 1 atom stereocenters. The fraction of sp³-hybridized carbons (Fsp3) is 0.714. The van der Waals surface area contributed by atoms with E-state index in [1.165, 1.54) is 0 Å². The van der Waals surface area contributed by atoms with Gasteiger partial charge in [-0.05, 0) is 6.42 Å². The number of hydrogen-bond acceptors (Lipinski definition) is 2. The molecule has 0 bridgehead atoms. The van der Waals surface area contributed by atoms with Crippen LogP contribution in [-0.2, 0) is 9.59 Å². The Kier molecular flexibility index (Phi) is 4.26. The van der Waals surface area contributed by atoms with Crippen LogP contribution in [0.2, 0.25) is 0 Å². The van der Waals surface area contributed by atoms with Gasteiger partial charge in [-0.15, -0.1) is 0 Å². The Morgan fingerprint density at radius 2 is 2.09 bits per heavy atom. The van der Waals surface area contributed by atoms with Crippen molar-refractivity contribution >= 4 is 11.8 Å². The molecule has 0 aromatic heterocycles. The zero-order chi connectivity index (χ0) is 8.85. The maximum atomic E-state index is 10.7. The van der Waals surface area contributed by atoms with Crippen LogP contribution in [0.25, 0.3) is 0 Å². The largest absolute Gasteiger partial charge is 0.369 e. The van der Waals surface area contributed by atoms with E-state index in [4.69, 9.17) is 5.73 Å². The van der Waals surface area contributed by atoms with Gasteiger partial charge in [0.2, 0.25) is 11.8 Å². The zero-order valence-corrected chi connectivity index (χ0v) is 6.89. The minimum Gasteiger partial charge on any atom is -0.369 e. The second-order valence-electron chi connectivity index (χ2n) is 2.52. The lowest BCUT2D eigenvalue weighted by molar-refractivity contribution is -0.123. The lowest BCUT2D eigenvalue weighted by Gasteiger charge is -2.04. The summed E-state index contributed by atoms with van der Waals surface area (Å²) < 4.78 is 0. The summed E-state index contributed by atoms with van der Waals surface area (Å²) in [6.07, 6.45) is 0.885. The molecule has 0 rings (SSSR count). The van der Waals surface area contributed by atoms with E-state index in [9.17, 15) is 9.59 Å². The van der Waals surface area contributed by atoms with Crippen molar-refractivity contribution in [1.82, 2.24) is 5.32 Å². The van der Waals surface area contributed by atoms with E-state index >= 15 is 0 Å². The fourth-order valence-electron chi connectivity index (χ4n) is 0.615. The molecule has 64 valence electrons. The van der Waals surface area contributed by atoms with Gasteiger partial charge in [0.1, 0.15) is 0 Å². The Morgan fingerprint density at radius 1 is 1.55 bits per heavy atom. The first-order chi connectivity index (χ1) is 5.07. The number of nitrogens with two attached hydrogens (primary N) is 1. The molecule has 0 fully saturated rings. The third-order valence-electron chi connectivity index (χ3n) is 1.57. The maximum absolute atomic E-state index is 10.7. The van der Waals surface area contributed by atoms with Gasteiger partial charge in [-0.1, -0.05) is 6.92 Å². The lowest BCUT2D eigenvalue weighted by atomic mass is 10.1. The van der Waals surface area contributed by atoms with Gasteiger partial charge in [-0.3, -0.25) is 9.59 Å². The van der Waals surface area contributed by atoms with Crippen LogP contribution in [0.5, 0.6) is 0 Å². The third-order valence-corrected chi connectivity index (χ3v) is 1.57. The van der Waals surface area contributed by atoms with Gasteiger partial charge in [0.25, 0.3) is 0 Å². The summed E-state index contributed by atoms with van der Waals surface area (Å²) in [7, 11) is 1.57. The van der Waals surface area contributed by atoms with Gasteiger partial charge in [-0.25, -0.2) is 0 Å². The fourth-order valence-corrected chi connectivity index (χ4v) is 0.615. The molecule has 2 amide bonds. The maximum Gasteiger partial charge on any atom is 0.220 e. The standard InChI is InChI=1S/C7H14N2O2/c1-5(7(8)11)3-4-6(10)9-2/h5H,3-4H2,1-2H3,(H2,8,11)(H,9,10)/t5-/m0/s1. The van der Waals surface area contributed by atoms with Crippen LogP contribution < -0.4 is 11.1 Å². The predicted molar refractivity (Wildman–Crippen MR) is 41.7 cm³/mol. The lowest BCUT2D eigenvalue weighted by Crippen LogP contribution is -2.24. The summed E-state index contributed by atoms with van der Waals surface area (Å²) in [6, 6.07) is 0. The van der Waals surface area contributed by atoms with Crippen molar-refractivity contribution in [3.8, 4) is 0 Å². The van der Waals surface area contributed by atoms with Crippen LogP contribution >= 0.6 is 0 Å². The van der Waals surface area contributed by atoms with E-state index < -0.39 is 0 Å². The Hall–Kier alpha value is -1.06. The third kappa shape index (κ3) is 4.36. The second-order valence-corrected chi connectivity index (χ2v) is 2.52. The highest BCUT2D eigenvalue weighted by Crippen LogP contribution is 2.03. The number of carbonyl (C=O) groups is 2. The smallest absolute Gasteiger partial charge is 0.220 e. The number of hydrogen-bond donors (Lipinski definition) is 2. The van der Waals surface area contributed by atoms with Gasteiger partial charge >= 0.3 is 0 Å². The number of nitrogens with one attached hydrogen (secondary N) is 1. The highest BCUT2D eigenvalue weighted by Gasteiger charge is 2.09. The first-order valence-electron chi connectivity index (χ1n) is 3.57. The highest BCUT2D eigenvalue weighted by atomic mass is 16.2. The molecule has 0 saturated carbocycles. The molecule has 0 aromatic carbocycles. The Balaban J connectivity index is 3.54. The molecule has 0 heterocycles. The minimum absolute atomic E-state index is 0.0573. The first-order valence-corrected chi connectivity index (χ1v) is 3.57. The van der Waals surface area contributed by atoms with Crippen LogP contribution in [0.3, 0.4) is 0 Å². The summed E-state index contributed by atoms with van der Waals surface area (Å²) in [6.45, 7) is 1.71. The summed E-state index contributed by atoms with van der Waals surface area (Å²) in [5.41, 5.74) is 4.99. The molecule has 4 heteroatoms. The number of amides is 2. The normalized spacial score (nSPS) is 12.2. The molecule has 0 radical (unpaired) electrons. The van der Waals surface area contributed by atoms with E-state index in [2.05, 4.69) is 5.32 Å². The molecular weight excluding hydrogens is 144 g/mol. The minimum atomic E-state index is -0.353. The van der Waals surface area contributed by atoms with E-state index in [1.54, 1.807) is 14.0 Å². The van der Waals surface area contributed by atoms with Crippen molar-refractivity contribution < 1.29 is 9.59 Å². The van der Waals surface area contributed by atoms with Crippen molar-refractivity contribution in [3.63, 3.8) is 0 Å². The summed E-state index contributed by atoms with van der Waals surface area (Å²) in [5.74, 6) is -0.626. The van der Waals surface area contributed by atoms with Crippen LogP contribution in [0.15, 0.2) is 0 Å². The van der Waals surface area contributed by atoms with E-state index in [0.29, 0.717) is 12.8 Å². The number of rotatable bonds is 4. The van der Waals surface area contributed by atoms with Crippen molar-refractivity contribution in [1.29, 1.82) is 0 Å². The molecule has 0 aliphatic carbocycles.